The molecule has 182 valence electrons. The summed E-state index contributed by atoms with van der Waals surface area (Å²) >= 11 is 0. The molecule has 0 heterocycles. The predicted octanol–water partition coefficient (Wildman–Crippen LogP) is 6.28. The molecule has 0 atom stereocenters. The predicted molar refractivity (Wildman–Crippen MR) is 136 cm³/mol. The minimum Gasteiger partial charge on any atom is -0.497 e. The molecule has 0 spiro atoms. The third-order valence-corrected chi connectivity index (χ3v) is 5.44. The van der Waals surface area contributed by atoms with E-state index >= 15 is 0 Å². The number of ketones is 1. The smallest absolute Gasteiger partial charge is 0.343 e. The summed E-state index contributed by atoms with van der Waals surface area (Å²) in [5.74, 6) is 0.266. The molecule has 0 N–H and O–H groups in total. The zero-order valence-corrected chi connectivity index (χ0v) is 20.1. The Morgan fingerprint density at radius 2 is 1.25 bits per heavy atom. The number of rotatable bonds is 10. The van der Waals surface area contributed by atoms with E-state index in [9.17, 15) is 9.59 Å². The first-order valence-electron chi connectivity index (χ1n) is 11.4. The average molecular weight is 483 g/mol. The second-order valence-corrected chi connectivity index (χ2v) is 7.99. The molecule has 0 bridgehead atoms. The van der Waals surface area contributed by atoms with Crippen molar-refractivity contribution in [1.29, 1.82) is 0 Å². The highest BCUT2D eigenvalue weighted by atomic mass is 16.6. The molecule has 0 fully saturated rings. The zero-order chi connectivity index (χ0) is 25.3. The number of carbonyl (C=O) groups is 2. The lowest BCUT2D eigenvalue weighted by Crippen LogP contribution is -2.13. The van der Waals surface area contributed by atoms with Gasteiger partial charge in [0.05, 0.1) is 18.2 Å². The maximum absolute atomic E-state index is 13.0. The fourth-order valence-electron chi connectivity index (χ4n) is 3.52. The molecule has 0 aliphatic rings. The number of esters is 1. The van der Waals surface area contributed by atoms with Crippen molar-refractivity contribution in [2.45, 2.75) is 20.1 Å². The summed E-state index contributed by atoms with van der Waals surface area (Å²) in [7, 11) is 1.55. The second kappa shape index (κ2) is 11.7. The van der Waals surface area contributed by atoms with Gasteiger partial charge in [-0.05, 0) is 54.4 Å². The third-order valence-electron chi connectivity index (χ3n) is 5.44. The van der Waals surface area contributed by atoms with Gasteiger partial charge >= 0.3 is 5.97 Å². The molecular formula is C30H26O6. The molecule has 4 aromatic carbocycles. The molecule has 0 saturated heterocycles. The Morgan fingerprint density at radius 3 is 1.81 bits per heavy atom. The van der Waals surface area contributed by atoms with Gasteiger partial charge in [0.1, 0.15) is 19.0 Å². The summed E-state index contributed by atoms with van der Waals surface area (Å²) in [5, 5.41) is 0. The number of Topliss-reactive ketones (excluding diaryl/α,β-unsaturated/α-hetero) is 1. The van der Waals surface area contributed by atoms with Crippen LogP contribution in [-0.2, 0) is 13.2 Å². The van der Waals surface area contributed by atoms with Crippen molar-refractivity contribution in [3.05, 3.63) is 119 Å². The van der Waals surface area contributed by atoms with Crippen LogP contribution in [0.15, 0.2) is 97.1 Å². The average Bonchev–Trinajstić information content (AvgIpc) is 2.92. The molecule has 4 aromatic rings. The van der Waals surface area contributed by atoms with Crippen molar-refractivity contribution in [3.8, 4) is 23.0 Å². The van der Waals surface area contributed by atoms with E-state index in [0.717, 1.165) is 11.1 Å². The van der Waals surface area contributed by atoms with Crippen LogP contribution in [0.3, 0.4) is 0 Å². The Balaban J connectivity index is 1.70. The van der Waals surface area contributed by atoms with Crippen LogP contribution in [0.1, 0.15) is 38.8 Å². The fourth-order valence-corrected chi connectivity index (χ4v) is 3.52. The lowest BCUT2D eigenvalue weighted by Gasteiger charge is -2.18. The van der Waals surface area contributed by atoms with Crippen LogP contribution in [0, 0.1) is 0 Å². The molecule has 0 saturated carbocycles. The quantitative estimate of drug-likeness (QED) is 0.151. The maximum Gasteiger partial charge on any atom is 0.343 e. The van der Waals surface area contributed by atoms with Crippen LogP contribution >= 0.6 is 0 Å². The summed E-state index contributed by atoms with van der Waals surface area (Å²) in [5.41, 5.74) is 2.38. The van der Waals surface area contributed by atoms with Crippen LogP contribution in [-0.4, -0.2) is 18.9 Å². The number of benzene rings is 4. The number of hydrogen-bond acceptors (Lipinski definition) is 6. The molecular weight excluding hydrogens is 456 g/mol. The molecule has 0 unspecified atom stereocenters. The van der Waals surface area contributed by atoms with E-state index in [1.807, 2.05) is 60.7 Å². The van der Waals surface area contributed by atoms with Gasteiger partial charge in [-0.3, -0.25) is 4.79 Å². The van der Waals surface area contributed by atoms with E-state index in [1.54, 1.807) is 43.5 Å². The molecule has 0 radical (unpaired) electrons. The van der Waals surface area contributed by atoms with Gasteiger partial charge in [0, 0.05) is 0 Å². The van der Waals surface area contributed by atoms with Crippen molar-refractivity contribution in [3.63, 3.8) is 0 Å². The third kappa shape index (κ3) is 6.10. The molecule has 4 rings (SSSR count). The zero-order valence-electron chi connectivity index (χ0n) is 20.1. The highest BCUT2D eigenvalue weighted by molar-refractivity contribution is 6.00. The van der Waals surface area contributed by atoms with E-state index in [1.165, 1.54) is 6.92 Å². The van der Waals surface area contributed by atoms with Gasteiger partial charge in [0.2, 0.25) is 5.75 Å². The Hall–Kier alpha value is -4.58. The highest BCUT2D eigenvalue weighted by Crippen LogP contribution is 2.42. The largest absolute Gasteiger partial charge is 0.497 e. The molecule has 0 aliphatic heterocycles. The summed E-state index contributed by atoms with van der Waals surface area (Å²) < 4.78 is 23.1. The van der Waals surface area contributed by atoms with Gasteiger partial charge in [-0.1, -0.05) is 60.7 Å². The van der Waals surface area contributed by atoms with Gasteiger partial charge < -0.3 is 18.9 Å². The first-order chi connectivity index (χ1) is 17.5. The van der Waals surface area contributed by atoms with Crippen molar-refractivity contribution in [1.82, 2.24) is 0 Å². The van der Waals surface area contributed by atoms with E-state index in [-0.39, 0.29) is 36.1 Å². The number of methoxy groups -OCH3 is 1. The lowest BCUT2D eigenvalue weighted by molar-refractivity contribution is 0.0724. The van der Waals surface area contributed by atoms with Crippen molar-refractivity contribution >= 4 is 11.8 Å². The monoisotopic (exact) mass is 482 g/mol. The van der Waals surface area contributed by atoms with Gasteiger partial charge in [0.25, 0.3) is 0 Å². The van der Waals surface area contributed by atoms with Crippen LogP contribution in [0.2, 0.25) is 0 Å². The van der Waals surface area contributed by atoms with Crippen molar-refractivity contribution in [2.75, 3.05) is 7.11 Å². The Labute approximate surface area is 210 Å². The molecule has 6 heteroatoms. The summed E-state index contributed by atoms with van der Waals surface area (Å²) in [4.78, 5) is 25.5. The lowest BCUT2D eigenvalue weighted by atomic mass is 10.1. The minimum absolute atomic E-state index is 0.0183. The summed E-state index contributed by atoms with van der Waals surface area (Å²) in [6.07, 6.45) is 0. The molecule has 0 amide bonds. The number of ether oxygens (including phenoxy) is 4. The van der Waals surface area contributed by atoms with Crippen LogP contribution in [0.4, 0.5) is 0 Å². The Kier molecular flexibility index (Phi) is 7.98. The summed E-state index contributed by atoms with van der Waals surface area (Å²) in [6, 6.07) is 29.0. The normalized spacial score (nSPS) is 10.4. The van der Waals surface area contributed by atoms with Crippen molar-refractivity contribution < 1.29 is 28.5 Å². The molecule has 36 heavy (non-hydrogen) atoms. The second-order valence-electron chi connectivity index (χ2n) is 7.99. The SMILES string of the molecule is COc1ccc(C(=O)Oc2c(C(C)=O)ccc(OCc3ccccc3)c2OCc2ccccc2)cc1. The van der Waals surface area contributed by atoms with Crippen molar-refractivity contribution in [2.24, 2.45) is 0 Å². The fraction of sp³-hybridized carbons (Fsp3) is 0.133. The number of hydrogen-bond donors (Lipinski definition) is 0. The Bertz CT molecular complexity index is 1320. The van der Waals surface area contributed by atoms with Gasteiger partial charge in [-0.15, -0.1) is 0 Å². The van der Waals surface area contributed by atoms with Gasteiger partial charge in [0.15, 0.2) is 17.3 Å². The van der Waals surface area contributed by atoms with Gasteiger partial charge in [-0.25, -0.2) is 4.79 Å². The van der Waals surface area contributed by atoms with E-state index in [4.69, 9.17) is 18.9 Å². The standard InChI is InChI=1S/C30H26O6/c1-21(31)26-17-18-27(34-19-22-9-5-3-6-10-22)29(35-20-23-11-7-4-8-12-23)28(26)36-30(32)24-13-15-25(33-2)16-14-24/h3-18H,19-20H2,1-2H3. The Morgan fingerprint density at radius 1 is 0.667 bits per heavy atom. The van der Waals surface area contributed by atoms with E-state index in [0.29, 0.717) is 17.1 Å². The maximum atomic E-state index is 13.0. The molecule has 0 aromatic heterocycles. The van der Waals surface area contributed by atoms with Crippen LogP contribution in [0.5, 0.6) is 23.0 Å². The molecule has 6 nitrogen and oxygen atoms in total. The number of carbonyl (C=O) groups excluding carboxylic acids is 2. The minimum atomic E-state index is -0.634. The van der Waals surface area contributed by atoms with Crippen LogP contribution in [0.25, 0.3) is 0 Å². The van der Waals surface area contributed by atoms with E-state index < -0.39 is 5.97 Å². The summed E-state index contributed by atoms with van der Waals surface area (Å²) in [6.45, 7) is 1.87. The van der Waals surface area contributed by atoms with E-state index in [2.05, 4.69) is 0 Å². The van der Waals surface area contributed by atoms with Crippen LogP contribution < -0.4 is 18.9 Å². The highest BCUT2D eigenvalue weighted by Gasteiger charge is 2.24. The topological polar surface area (TPSA) is 71.1 Å². The first-order valence-corrected chi connectivity index (χ1v) is 11.4. The van der Waals surface area contributed by atoms with Gasteiger partial charge in [-0.2, -0.15) is 0 Å². The molecule has 0 aliphatic carbocycles. The first kappa shape index (κ1) is 24.5.